The Labute approximate surface area is 332 Å². The fraction of sp³-hybridized carbons (Fsp3) is 0. The maximum absolute atomic E-state index is 6.88. The molecule has 3 heterocycles. The minimum absolute atomic E-state index is 0.525. The summed E-state index contributed by atoms with van der Waals surface area (Å²) in [5, 5.41) is 8.71. The molecule has 0 saturated carbocycles. The second kappa shape index (κ2) is 12.8. The molecule has 12 aromatic rings. The van der Waals surface area contributed by atoms with Crippen molar-refractivity contribution in [1.29, 1.82) is 0 Å². The Hall–Kier alpha value is -7.89. The lowest BCUT2D eigenvalue weighted by atomic mass is 9.96. The van der Waals surface area contributed by atoms with Gasteiger partial charge in [-0.2, -0.15) is 0 Å². The Balaban J connectivity index is 1.09. The maximum Gasteiger partial charge on any atom is 0.167 e. The fourth-order valence-corrected chi connectivity index (χ4v) is 8.41. The summed E-state index contributed by atoms with van der Waals surface area (Å²) in [6, 6.07) is 65.3. The zero-order valence-electron chi connectivity index (χ0n) is 31.1. The van der Waals surface area contributed by atoms with Gasteiger partial charge in [-0.25, -0.2) is 15.0 Å². The van der Waals surface area contributed by atoms with Crippen LogP contribution in [0.5, 0.6) is 0 Å². The van der Waals surface area contributed by atoms with Gasteiger partial charge in [0, 0.05) is 32.7 Å². The second-order valence-corrected chi connectivity index (χ2v) is 14.8. The van der Waals surface area contributed by atoms with Crippen molar-refractivity contribution in [2.24, 2.45) is 0 Å². The van der Waals surface area contributed by atoms with Crippen LogP contribution in [0.25, 0.3) is 122 Å². The largest absolute Gasteiger partial charge is 0.456 e. The molecule has 0 aliphatic carbocycles. The van der Waals surface area contributed by atoms with Gasteiger partial charge in [-0.05, 0) is 92.3 Å². The van der Waals surface area contributed by atoms with Crippen molar-refractivity contribution in [1.82, 2.24) is 15.0 Å². The molecule has 0 aliphatic rings. The van der Waals surface area contributed by atoms with E-state index < -0.39 is 0 Å². The zero-order chi connectivity index (χ0) is 38.2. The minimum Gasteiger partial charge on any atom is -0.456 e. The van der Waals surface area contributed by atoms with Gasteiger partial charge in [-0.15, -0.1) is 0 Å². The molecule has 5 nitrogen and oxygen atoms in total. The number of benzene rings is 9. The predicted octanol–water partition coefficient (Wildman–Crippen LogP) is 14.3. The Kier molecular flexibility index (Phi) is 7.16. The smallest absolute Gasteiger partial charge is 0.167 e. The van der Waals surface area contributed by atoms with E-state index in [9.17, 15) is 0 Å². The van der Waals surface area contributed by atoms with Crippen LogP contribution in [0, 0.1) is 0 Å². The first kappa shape index (κ1) is 32.4. The summed E-state index contributed by atoms with van der Waals surface area (Å²) < 4.78 is 13.2. The SMILES string of the molecule is c1ccc(-c2ccc3cc(-c4nc(-c5ccc6c(c5)oc5ccccc56)nc(-c5ccc(-c6ccccc6)c6c5oc5cc7ccccc7cc56)n4)ccc3c2)cc1. The number of nitrogens with zero attached hydrogens (tertiary/aromatic N) is 3. The van der Waals surface area contributed by atoms with Crippen molar-refractivity contribution < 1.29 is 8.83 Å². The second-order valence-electron chi connectivity index (χ2n) is 14.8. The van der Waals surface area contributed by atoms with E-state index in [1.54, 1.807) is 0 Å². The van der Waals surface area contributed by atoms with Crippen LogP contribution in [0.15, 0.2) is 197 Å². The number of furan rings is 2. The van der Waals surface area contributed by atoms with E-state index in [0.29, 0.717) is 17.5 Å². The predicted molar refractivity (Wildman–Crippen MR) is 237 cm³/mol. The molecule has 0 saturated heterocycles. The van der Waals surface area contributed by atoms with E-state index in [0.717, 1.165) is 93.2 Å². The molecule has 0 radical (unpaired) electrons. The third kappa shape index (κ3) is 5.29. The lowest BCUT2D eigenvalue weighted by Crippen LogP contribution is -2.00. The molecule has 0 N–H and O–H groups in total. The molecule has 0 unspecified atom stereocenters. The number of fused-ring (bicyclic) bond motifs is 8. The molecule has 0 fully saturated rings. The lowest BCUT2D eigenvalue weighted by molar-refractivity contribution is 0.668. The summed E-state index contributed by atoms with van der Waals surface area (Å²) in [4.78, 5) is 15.6. The molecule has 270 valence electrons. The summed E-state index contributed by atoms with van der Waals surface area (Å²) in [5.74, 6) is 1.64. The minimum atomic E-state index is 0.525. The van der Waals surface area contributed by atoms with Gasteiger partial charge in [0.25, 0.3) is 0 Å². The van der Waals surface area contributed by atoms with Crippen molar-refractivity contribution in [2.75, 3.05) is 0 Å². The Morgan fingerprint density at radius 3 is 1.64 bits per heavy atom. The van der Waals surface area contributed by atoms with Crippen molar-refractivity contribution in [3.05, 3.63) is 188 Å². The maximum atomic E-state index is 6.88. The highest BCUT2D eigenvalue weighted by Crippen LogP contribution is 2.43. The summed E-state index contributed by atoms with van der Waals surface area (Å²) in [6.07, 6.45) is 0. The van der Waals surface area contributed by atoms with Gasteiger partial charge in [0.15, 0.2) is 17.5 Å². The number of para-hydroxylation sites is 1. The first-order valence-corrected chi connectivity index (χ1v) is 19.4. The number of aromatic nitrogens is 3. The molecule has 3 aromatic heterocycles. The van der Waals surface area contributed by atoms with Crippen molar-refractivity contribution >= 4 is 65.4 Å². The van der Waals surface area contributed by atoms with Crippen molar-refractivity contribution in [3.63, 3.8) is 0 Å². The summed E-state index contributed by atoms with van der Waals surface area (Å²) in [7, 11) is 0. The molecule has 58 heavy (non-hydrogen) atoms. The van der Waals surface area contributed by atoms with E-state index in [-0.39, 0.29) is 0 Å². The van der Waals surface area contributed by atoms with Crippen LogP contribution in [0.4, 0.5) is 0 Å². The Morgan fingerprint density at radius 1 is 0.293 bits per heavy atom. The van der Waals surface area contributed by atoms with E-state index in [4.69, 9.17) is 23.8 Å². The number of rotatable bonds is 5. The quantitative estimate of drug-likeness (QED) is 0.176. The average Bonchev–Trinajstić information content (AvgIpc) is 3.86. The monoisotopic (exact) mass is 741 g/mol. The van der Waals surface area contributed by atoms with Crippen molar-refractivity contribution in [2.45, 2.75) is 0 Å². The molecule has 0 aliphatic heterocycles. The van der Waals surface area contributed by atoms with E-state index in [1.807, 2.05) is 36.4 Å². The van der Waals surface area contributed by atoms with Gasteiger partial charge in [0.1, 0.15) is 22.3 Å². The molecule has 5 heteroatoms. The van der Waals surface area contributed by atoms with E-state index in [2.05, 4.69) is 152 Å². The highest BCUT2D eigenvalue weighted by atomic mass is 16.3. The molecule has 0 atom stereocenters. The lowest BCUT2D eigenvalue weighted by Gasteiger charge is -2.11. The van der Waals surface area contributed by atoms with E-state index in [1.165, 1.54) is 11.1 Å². The molecule has 0 bridgehead atoms. The summed E-state index contributed by atoms with van der Waals surface area (Å²) >= 11 is 0. The molecule has 9 aromatic carbocycles. The van der Waals surface area contributed by atoms with Crippen LogP contribution in [-0.2, 0) is 0 Å². The highest BCUT2D eigenvalue weighted by molar-refractivity contribution is 6.18. The van der Waals surface area contributed by atoms with Crippen LogP contribution in [0.3, 0.4) is 0 Å². The standard InChI is InChI=1S/C53H31N3O2/c1-3-11-32(12-4-1)36-19-20-38-28-39(22-21-37(38)27-36)51-54-52(40-23-24-43-42-17-9-10-18-46(42)57-47(43)31-40)56-53(55-51)44-26-25-41(33-13-5-2-6-14-33)49-45-29-34-15-7-8-16-35(34)30-48(45)58-50(44)49/h1-31H. The van der Waals surface area contributed by atoms with Crippen LogP contribution < -0.4 is 0 Å². The topological polar surface area (TPSA) is 65.0 Å². The highest BCUT2D eigenvalue weighted by Gasteiger charge is 2.22. The van der Waals surface area contributed by atoms with Gasteiger partial charge in [0.05, 0.1) is 5.56 Å². The van der Waals surface area contributed by atoms with Crippen LogP contribution >= 0.6 is 0 Å². The van der Waals surface area contributed by atoms with Crippen molar-refractivity contribution in [3.8, 4) is 56.4 Å². The van der Waals surface area contributed by atoms with Gasteiger partial charge >= 0.3 is 0 Å². The van der Waals surface area contributed by atoms with Crippen LogP contribution in [0.2, 0.25) is 0 Å². The zero-order valence-corrected chi connectivity index (χ0v) is 31.1. The van der Waals surface area contributed by atoms with E-state index >= 15 is 0 Å². The van der Waals surface area contributed by atoms with Gasteiger partial charge < -0.3 is 8.83 Å². The molecule has 0 spiro atoms. The van der Waals surface area contributed by atoms with Gasteiger partial charge in [-0.3, -0.25) is 0 Å². The average molecular weight is 742 g/mol. The van der Waals surface area contributed by atoms with Gasteiger partial charge in [-0.1, -0.05) is 140 Å². The third-order valence-corrected chi connectivity index (χ3v) is 11.3. The Bertz CT molecular complexity index is 3570. The first-order valence-electron chi connectivity index (χ1n) is 19.4. The summed E-state index contributed by atoms with van der Waals surface area (Å²) in [5.41, 5.74) is 10.2. The number of hydrogen-bond acceptors (Lipinski definition) is 5. The van der Waals surface area contributed by atoms with Crippen LogP contribution in [0.1, 0.15) is 0 Å². The Morgan fingerprint density at radius 2 is 0.845 bits per heavy atom. The van der Waals surface area contributed by atoms with Crippen LogP contribution in [-0.4, -0.2) is 15.0 Å². The molecule has 0 amide bonds. The fourth-order valence-electron chi connectivity index (χ4n) is 8.41. The summed E-state index contributed by atoms with van der Waals surface area (Å²) in [6.45, 7) is 0. The molecular weight excluding hydrogens is 711 g/mol. The normalized spacial score (nSPS) is 11.8. The van der Waals surface area contributed by atoms with Gasteiger partial charge in [0.2, 0.25) is 0 Å². The molecule has 12 rings (SSSR count). The number of hydrogen-bond donors (Lipinski definition) is 0. The molecular formula is C53H31N3O2. The third-order valence-electron chi connectivity index (χ3n) is 11.3. The first-order chi connectivity index (χ1) is 28.7.